The van der Waals surface area contributed by atoms with Crippen LogP contribution in [0.25, 0.3) is 0 Å². The van der Waals surface area contributed by atoms with E-state index in [1.54, 1.807) is 0 Å². The minimum absolute atomic E-state index is 0.0213. The molecule has 1 amide bonds. The molecule has 0 spiro atoms. The van der Waals surface area contributed by atoms with Gasteiger partial charge in [-0.15, -0.1) is 0 Å². The lowest BCUT2D eigenvalue weighted by molar-refractivity contribution is -0.149. The first-order chi connectivity index (χ1) is 13.1. The van der Waals surface area contributed by atoms with E-state index in [1.807, 2.05) is 32.0 Å². The van der Waals surface area contributed by atoms with Crippen LogP contribution in [0, 0.1) is 5.92 Å². The SMILES string of the molecule is CCOC(=O)C1CCN(CC(=O)N[C@H](C)c2ccc3c(c2)OCCO3)CC1. The fourth-order valence-corrected chi connectivity index (χ4v) is 3.49. The number of nitrogens with zero attached hydrogens (tertiary/aromatic N) is 1. The largest absolute Gasteiger partial charge is 0.486 e. The van der Waals surface area contributed by atoms with E-state index in [0.717, 1.165) is 43.0 Å². The molecule has 2 aliphatic heterocycles. The van der Waals surface area contributed by atoms with Gasteiger partial charge in [-0.3, -0.25) is 14.5 Å². The summed E-state index contributed by atoms with van der Waals surface area (Å²) in [5.74, 6) is 1.29. The first-order valence-corrected chi connectivity index (χ1v) is 9.64. The van der Waals surface area contributed by atoms with E-state index in [0.29, 0.717) is 26.4 Å². The maximum Gasteiger partial charge on any atom is 0.309 e. The normalized spacial score (nSPS) is 18.6. The first kappa shape index (κ1) is 19.5. The van der Waals surface area contributed by atoms with Crippen LogP contribution in [0.3, 0.4) is 0 Å². The summed E-state index contributed by atoms with van der Waals surface area (Å²) >= 11 is 0. The van der Waals surface area contributed by atoms with Crippen molar-refractivity contribution in [3.05, 3.63) is 23.8 Å². The number of hydrogen-bond acceptors (Lipinski definition) is 6. The van der Waals surface area contributed by atoms with Gasteiger partial charge in [-0.1, -0.05) is 6.07 Å². The first-order valence-electron chi connectivity index (χ1n) is 9.64. The molecule has 1 aromatic rings. The lowest BCUT2D eigenvalue weighted by Gasteiger charge is -2.30. The Morgan fingerprint density at radius 2 is 1.93 bits per heavy atom. The van der Waals surface area contributed by atoms with Gasteiger partial charge in [0, 0.05) is 0 Å². The van der Waals surface area contributed by atoms with Gasteiger partial charge in [-0.2, -0.15) is 0 Å². The number of carbonyl (C=O) groups is 2. The molecule has 1 saturated heterocycles. The number of piperidine rings is 1. The van der Waals surface area contributed by atoms with Crippen molar-refractivity contribution >= 4 is 11.9 Å². The summed E-state index contributed by atoms with van der Waals surface area (Å²) in [7, 11) is 0. The number of nitrogens with one attached hydrogen (secondary N) is 1. The molecule has 7 nitrogen and oxygen atoms in total. The van der Waals surface area contributed by atoms with E-state index >= 15 is 0 Å². The number of hydrogen-bond donors (Lipinski definition) is 1. The zero-order valence-electron chi connectivity index (χ0n) is 16.0. The summed E-state index contributed by atoms with van der Waals surface area (Å²) in [6.45, 7) is 7.09. The van der Waals surface area contributed by atoms with Crippen molar-refractivity contribution in [2.24, 2.45) is 5.92 Å². The van der Waals surface area contributed by atoms with Gasteiger partial charge in [0.05, 0.1) is 25.1 Å². The highest BCUT2D eigenvalue weighted by Crippen LogP contribution is 2.32. The number of benzene rings is 1. The van der Waals surface area contributed by atoms with Crippen molar-refractivity contribution in [3.63, 3.8) is 0 Å². The van der Waals surface area contributed by atoms with Crippen LogP contribution in [-0.4, -0.2) is 56.2 Å². The molecule has 1 N–H and O–H groups in total. The van der Waals surface area contributed by atoms with Crippen LogP contribution in [0.1, 0.15) is 38.3 Å². The van der Waals surface area contributed by atoms with Crippen molar-refractivity contribution in [1.82, 2.24) is 10.2 Å². The van der Waals surface area contributed by atoms with Crippen LogP contribution in [0.15, 0.2) is 18.2 Å². The molecular formula is C20H28N2O5. The molecule has 0 saturated carbocycles. The number of fused-ring (bicyclic) bond motifs is 1. The minimum atomic E-state index is -0.120. The predicted octanol–water partition coefficient (Wildman–Crippen LogP) is 1.91. The highest BCUT2D eigenvalue weighted by Gasteiger charge is 2.27. The van der Waals surface area contributed by atoms with Crippen molar-refractivity contribution in [1.29, 1.82) is 0 Å². The molecule has 27 heavy (non-hydrogen) atoms. The Bertz CT molecular complexity index is 670. The average Bonchev–Trinajstić information content (AvgIpc) is 2.68. The molecule has 148 valence electrons. The molecule has 2 heterocycles. The van der Waals surface area contributed by atoms with Crippen LogP contribution in [0.4, 0.5) is 0 Å². The standard InChI is InChI=1S/C20H28N2O5/c1-3-25-20(24)15-6-8-22(9-7-15)13-19(23)21-14(2)16-4-5-17-18(12-16)27-11-10-26-17/h4-5,12,14-15H,3,6-11,13H2,1-2H3,(H,21,23)/t14-/m1/s1. The summed E-state index contributed by atoms with van der Waals surface area (Å²) in [6.07, 6.45) is 1.48. The van der Waals surface area contributed by atoms with Gasteiger partial charge in [-0.25, -0.2) is 0 Å². The molecule has 1 aromatic carbocycles. The molecule has 0 unspecified atom stereocenters. The van der Waals surface area contributed by atoms with Gasteiger partial charge in [0.25, 0.3) is 0 Å². The quantitative estimate of drug-likeness (QED) is 0.765. The summed E-state index contributed by atoms with van der Waals surface area (Å²) in [5.41, 5.74) is 0.980. The molecule has 3 rings (SSSR count). The molecule has 0 aromatic heterocycles. The van der Waals surface area contributed by atoms with E-state index in [-0.39, 0.29) is 23.8 Å². The van der Waals surface area contributed by atoms with Crippen LogP contribution in [0.2, 0.25) is 0 Å². The fourth-order valence-electron chi connectivity index (χ4n) is 3.49. The Balaban J connectivity index is 1.46. The second-order valence-corrected chi connectivity index (χ2v) is 6.99. The maximum atomic E-state index is 12.4. The molecule has 0 bridgehead atoms. The third-order valence-electron chi connectivity index (χ3n) is 5.02. The summed E-state index contributed by atoms with van der Waals surface area (Å²) in [6, 6.07) is 5.63. The van der Waals surface area contributed by atoms with Gasteiger partial charge in [-0.05, 0) is 57.5 Å². The van der Waals surface area contributed by atoms with E-state index < -0.39 is 0 Å². The third kappa shape index (κ3) is 5.13. The Morgan fingerprint density at radius 1 is 1.22 bits per heavy atom. The number of esters is 1. The number of ether oxygens (including phenoxy) is 3. The van der Waals surface area contributed by atoms with Crippen LogP contribution in [0.5, 0.6) is 11.5 Å². The van der Waals surface area contributed by atoms with Crippen LogP contribution < -0.4 is 14.8 Å². The monoisotopic (exact) mass is 376 g/mol. The molecule has 0 radical (unpaired) electrons. The van der Waals surface area contributed by atoms with Crippen molar-refractivity contribution in [2.45, 2.75) is 32.7 Å². The number of carbonyl (C=O) groups excluding carboxylic acids is 2. The Hall–Kier alpha value is -2.28. The number of amides is 1. The van der Waals surface area contributed by atoms with E-state index in [1.165, 1.54) is 0 Å². The highest BCUT2D eigenvalue weighted by molar-refractivity contribution is 5.78. The Kier molecular flexibility index (Phi) is 6.55. The van der Waals surface area contributed by atoms with Crippen molar-refractivity contribution < 1.29 is 23.8 Å². The number of likely N-dealkylation sites (tertiary alicyclic amines) is 1. The molecule has 2 aliphatic rings. The molecule has 1 atom stereocenters. The zero-order chi connectivity index (χ0) is 19.2. The molecule has 7 heteroatoms. The minimum Gasteiger partial charge on any atom is -0.486 e. The second kappa shape index (κ2) is 9.08. The van der Waals surface area contributed by atoms with E-state index in [9.17, 15) is 9.59 Å². The lowest BCUT2D eigenvalue weighted by Crippen LogP contribution is -2.43. The predicted molar refractivity (Wildman–Crippen MR) is 99.8 cm³/mol. The zero-order valence-corrected chi connectivity index (χ0v) is 16.0. The highest BCUT2D eigenvalue weighted by atomic mass is 16.6. The van der Waals surface area contributed by atoms with Crippen molar-refractivity contribution in [3.8, 4) is 11.5 Å². The smallest absolute Gasteiger partial charge is 0.309 e. The molecular weight excluding hydrogens is 348 g/mol. The second-order valence-electron chi connectivity index (χ2n) is 6.99. The van der Waals surface area contributed by atoms with Gasteiger partial charge < -0.3 is 19.5 Å². The average molecular weight is 376 g/mol. The number of rotatable bonds is 6. The van der Waals surface area contributed by atoms with Crippen LogP contribution >= 0.6 is 0 Å². The fraction of sp³-hybridized carbons (Fsp3) is 0.600. The lowest BCUT2D eigenvalue weighted by atomic mass is 9.97. The topological polar surface area (TPSA) is 77.1 Å². The van der Waals surface area contributed by atoms with Gasteiger partial charge >= 0.3 is 5.97 Å². The van der Waals surface area contributed by atoms with Crippen LogP contribution in [-0.2, 0) is 14.3 Å². The summed E-state index contributed by atoms with van der Waals surface area (Å²) in [5, 5.41) is 3.04. The molecule has 1 fully saturated rings. The Morgan fingerprint density at radius 3 is 2.63 bits per heavy atom. The summed E-state index contributed by atoms with van der Waals surface area (Å²) in [4.78, 5) is 26.3. The molecule has 0 aliphatic carbocycles. The van der Waals surface area contributed by atoms with Gasteiger partial charge in [0.1, 0.15) is 13.2 Å². The van der Waals surface area contributed by atoms with E-state index in [4.69, 9.17) is 14.2 Å². The van der Waals surface area contributed by atoms with E-state index in [2.05, 4.69) is 10.2 Å². The van der Waals surface area contributed by atoms with Crippen molar-refractivity contribution in [2.75, 3.05) is 39.5 Å². The Labute approximate surface area is 160 Å². The van der Waals surface area contributed by atoms with Gasteiger partial charge in [0.15, 0.2) is 11.5 Å². The third-order valence-corrected chi connectivity index (χ3v) is 5.02. The summed E-state index contributed by atoms with van der Waals surface area (Å²) < 4.78 is 16.2. The van der Waals surface area contributed by atoms with Gasteiger partial charge in [0.2, 0.25) is 5.91 Å². The maximum absolute atomic E-state index is 12.4.